The van der Waals surface area contributed by atoms with Crippen LogP contribution in [0.3, 0.4) is 0 Å². The Morgan fingerprint density at radius 3 is 2.62 bits per heavy atom. The van der Waals surface area contributed by atoms with E-state index < -0.39 is 5.44 Å². The molecule has 0 amide bonds. The molecule has 2 heterocycles. The molecule has 1 saturated carbocycles. The molecule has 1 unspecified atom stereocenters. The lowest BCUT2D eigenvalue weighted by Crippen LogP contribution is -2.38. The van der Waals surface area contributed by atoms with Crippen LogP contribution in [0.1, 0.15) is 66.2 Å². The molecule has 8 nitrogen and oxygen atoms in total. The molecule has 0 saturated heterocycles. The zero-order valence-electron chi connectivity index (χ0n) is 23.3. The molecule has 206 valence electrons. The van der Waals surface area contributed by atoms with E-state index >= 15 is 0 Å². The van der Waals surface area contributed by atoms with Gasteiger partial charge in [0.25, 0.3) is 0 Å². The van der Waals surface area contributed by atoms with Crippen LogP contribution in [0, 0.1) is 22.7 Å². The second-order valence-electron chi connectivity index (χ2n) is 10.8. The van der Waals surface area contributed by atoms with Crippen molar-refractivity contribution in [2.75, 3.05) is 10.6 Å². The van der Waals surface area contributed by atoms with Gasteiger partial charge in [0.05, 0.1) is 57.1 Å². The van der Waals surface area contributed by atoms with Gasteiger partial charge in [-0.25, -0.2) is 4.68 Å². The van der Waals surface area contributed by atoms with Gasteiger partial charge in [-0.3, -0.25) is 4.98 Å². The average molecular weight is 571 g/mol. The molecule has 2 aromatic heterocycles. The summed E-state index contributed by atoms with van der Waals surface area (Å²) in [5.74, 6) is 0. The number of benzene rings is 3. The van der Waals surface area contributed by atoms with Gasteiger partial charge in [0.15, 0.2) is 0 Å². The van der Waals surface area contributed by atoms with E-state index in [0.29, 0.717) is 39.1 Å². The summed E-state index contributed by atoms with van der Waals surface area (Å²) in [5, 5.41) is 37.1. The van der Waals surface area contributed by atoms with Crippen molar-refractivity contribution in [1.82, 2.24) is 20.0 Å². The fourth-order valence-electron chi connectivity index (χ4n) is 5.35. The number of nitrogens with zero attached hydrogens (tertiary/aromatic N) is 6. The van der Waals surface area contributed by atoms with E-state index in [-0.39, 0.29) is 6.04 Å². The van der Waals surface area contributed by atoms with Gasteiger partial charge < -0.3 is 10.6 Å². The second kappa shape index (κ2) is 11.2. The lowest BCUT2D eigenvalue weighted by atomic mass is 9.69. The van der Waals surface area contributed by atoms with E-state index in [0.717, 1.165) is 41.5 Å². The first-order chi connectivity index (χ1) is 20.4. The first kappa shape index (κ1) is 27.3. The summed E-state index contributed by atoms with van der Waals surface area (Å²) < 4.78 is 1.91. The molecule has 1 fully saturated rings. The fraction of sp³-hybridized carbons (Fsp3) is 0.219. The van der Waals surface area contributed by atoms with E-state index in [1.165, 1.54) is 0 Å². The molecule has 0 aliphatic heterocycles. The van der Waals surface area contributed by atoms with Crippen molar-refractivity contribution in [3.8, 4) is 12.1 Å². The van der Waals surface area contributed by atoms with Crippen molar-refractivity contribution < 1.29 is 0 Å². The highest BCUT2D eigenvalue weighted by Crippen LogP contribution is 2.39. The monoisotopic (exact) mass is 570 g/mol. The van der Waals surface area contributed by atoms with Crippen LogP contribution < -0.4 is 10.6 Å². The topological polar surface area (TPSA) is 115 Å². The predicted molar refractivity (Wildman–Crippen MR) is 167 cm³/mol. The summed E-state index contributed by atoms with van der Waals surface area (Å²) in [5.41, 5.74) is 4.83. The molecule has 3 aromatic carbocycles. The highest BCUT2D eigenvalue weighted by molar-refractivity contribution is 6.36. The predicted octanol–water partition coefficient (Wildman–Crippen LogP) is 6.07. The van der Waals surface area contributed by atoms with Gasteiger partial charge in [-0.1, -0.05) is 66.2 Å². The Morgan fingerprint density at radius 2 is 1.90 bits per heavy atom. The minimum Gasteiger partial charge on any atom is -0.378 e. The maximum atomic E-state index is 10.0. The van der Waals surface area contributed by atoms with E-state index in [9.17, 15) is 10.5 Å². The zero-order chi connectivity index (χ0) is 29.3. The number of anilines is 2. The van der Waals surface area contributed by atoms with Crippen molar-refractivity contribution in [3.05, 3.63) is 112 Å². The molecule has 42 heavy (non-hydrogen) atoms. The Balaban J connectivity index is 1.47. The summed E-state index contributed by atoms with van der Waals surface area (Å²) in [6, 6.07) is 26.3. The first-order valence-electron chi connectivity index (χ1n) is 14.0. The SMILES string of the molecule is BC(Nc1cc(Cl)c2ncc(C#N)c(N[C@H](CC)c3ccccc3)c2c1)(c1cccc(C#N)c1)c1cn(C2CC2)nn1. The molecule has 1 aliphatic rings. The van der Waals surface area contributed by atoms with Gasteiger partial charge in [0, 0.05) is 17.3 Å². The fourth-order valence-corrected chi connectivity index (χ4v) is 5.62. The van der Waals surface area contributed by atoms with Crippen LogP contribution in [0.15, 0.2) is 79.1 Å². The van der Waals surface area contributed by atoms with Gasteiger partial charge in [-0.2, -0.15) is 10.5 Å². The highest BCUT2D eigenvalue weighted by atomic mass is 35.5. The van der Waals surface area contributed by atoms with E-state index in [4.69, 9.17) is 11.6 Å². The summed E-state index contributed by atoms with van der Waals surface area (Å²) >= 11 is 6.85. The number of halogens is 1. The number of nitrogens with one attached hydrogen (secondary N) is 2. The summed E-state index contributed by atoms with van der Waals surface area (Å²) in [6.45, 7) is 2.11. The van der Waals surface area contributed by atoms with Crippen LogP contribution in [0.2, 0.25) is 5.02 Å². The van der Waals surface area contributed by atoms with Crippen molar-refractivity contribution in [1.29, 1.82) is 10.5 Å². The molecule has 6 rings (SSSR count). The lowest BCUT2D eigenvalue weighted by molar-refractivity contribution is 0.610. The number of hydrogen-bond donors (Lipinski definition) is 2. The van der Waals surface area contributed by atoms with Gasteiger partial charge in [-0.15, -0.1) is 5.10 Å². The van der Waals surface area contributed by atoms with Crippen LogP contribution >= 0.6 is 11.6 Å². The van der Waals surface area contributed by atoms with Gasteiger partial charge in [0.1, 0.15) is 19.6 Å². The van der Waals surface area contributed by atoms with Crippen LogP contribution in [0.25, 0.3) is 10.9 Å². The van der Waals surface area contributed by atoms with E-state index in [1.807, 2.05) is 67.3 Å². The normalized spacial score (nSPS) is 14.9. The standard InChI is InChI=1S/C32H28BClN8/c1-2-28(21-8-4-3-5-9-21)38-30-22(17-36)18-37-31-26(30)14-24(15-27(31)34)39-32(33,23-10-6-7-20(13-23)16-35)29-19-42(41-40-29)25-11-12-25/h3-10,13-15,18-19,25,28,39H,2,11-12,33H2,1H3,(H,37,38)/t28-,32?/m1/s1. The molecule has 0 bridgehead atoms. The Labute approximate surface area is 250 Å². The number of fused-ring (bicyclic) bond motifs is 1. The third-order valence-electron chi connectivity index (χ3n) is 7.88. The van der Waals surface area contributed by atoms with Gasteiger partial charge in [0.2, 0.25) is 0 Å². The number of rotatable bonds is 9. The molecular weight excluding hydrogens is 543 g/mol. The number of nitriles is 2. The summed E-state index contributed by atoms with van der Waals surface area (Å²) in [7, 11) is 2.02. The number of hydrogen-bond acceptors (Lipinski definition) is 7. The molecule has 2 atom stereocenters. The Bertz CT molecular complexity index is 1850. The average Bonchev–Trinajstić information content (AvgIpc) is 3.75. The third kappa shape index (κ3) is 5.16. The minimum absolute atomic E-state index is 0.0178. The summed E-state index contributed by atoms with van der Waals surface area (Å²) in [6.07, 6.45) is 6.52. The molecular formula is C32H28BClN8. The Morgan fingerprint density at radius 1 is 1.10 bits per heavy atom. The van der Waals surface area contributed by atoms with Gasteiger partial charge >= 0.3 is 0 Å². The molecule has 10 heteroatoms. The Kier molecular flexibility index (Phi) is 7.28. The molecule has 2 N–H and O–H groups in total. The largest absolute Gasteiger partial charge is 0.378 e. The maximum absolute atomic E-state index is 10.0. The number of aromatic nitrogens is 4. The minimum atomic E-state index is -0.846. The molecule has 0 radical (unpaired) electrons. The van der Waals surface area contributed by atoms with Crippen LogP contribution in [0.4, 0.5) is 11.4 Å². The van der Waals surface area contributed by atoms with Crippen LogP contribution in [-0.4, -0.2) is 27.8 Å². The van der Waals surface area contributed by atoms with Crippen molar-refractivity contribution in [2.45, 2.75) is 43.7 Å². The summed E-state index contributed by atoms with van der Waals surface area (Å²) in [4.78, 5) is 4.54. The van der Waals surface area contributed by atoms with Crippen molar-refractivity contribution in [2.24, 2.45) is 0 Å². The molecule has 1 aliphatic carbocycles. The smallest absolute Gasteiger partial charge is 0.148 e. The Hall–Kier alpha value is -4.86. The van der Waals surface area contributed by atoms with E-state index in [1.54, 1.807) is 12.3 Å². The van der Waals surface area contributed by atoms with Crippen molar-refractivity contribution >= 4 is 41.7 Å². The quantitative estimate of drug-likeness (QED) is 0.207. The second-order valence-corrected chi connectivity index (χ2v) is 11.2. The van der Waals surface area contributed by atoms with Crippen LogP contribution in [0.5, 0.6) is 0 Å². The lowest BCUT2D eigenvalue weighted by Gasteiger charge is -2.31. The van der Waals surface area contributed by atoms with Crippen molar-refractivity contribution in [3.63, 3.8) is 0 Å². The first-order valence-corrected chi connectivity index (χ1v) is 14.4. The number of pyridine rings is 1. The highest BCUT2D eigenvalue weighted by Gasteiger charge is 2.35. The van der Waals surface area contributed by atoms with E-state index in [2.05, 4.69) is 57.1 Å². The maximum Gasteiger partial charge on any atom is 0.148 e. The third-order valence-corrected chi connectivity index (χ3v) is 8.17. The van der Waals surface area contributed by atoms with Gasteiger partial charge in [-0.05, 0) is 54.7 Å². The van der Waals surface area contributed by atoms with Crippen LogP contribution in [-0.2, 0) is 5.44 Å². The molecule has 0 spiro atoms. The zero-order valence-corrected chi connectivity index (χ0v) is 24.1. The molecule has 5 aromatic rings.